The summed E-state index contributed by atoms with van der Waals surface area (Å²) in [5.74, 6) is 3.21. The molecule has 8 heteroatoms. The maximum absolute atomic E-state index is 7.35. The third-order valence-electron chi connectivity index (χ3n) is 11.3. The average Bonchev–Trinajstić information content (AvgIpc) is 3.58. The molecule has 3 aromatic carbocycles. The molecule has 3 aromatic rings. The highest BCUT2D eigenvalue weighted by molar-refractivity contribution is 7.47. The quantitative estimate of drug-likeness (QED) is 0.174. The number of ether oxygens (including phenoxy) is 1. The smallest absolute Gasteiger partial charge is 0.463 e. The van der Waals surface area contributed by atoms with Gasteiger partial charge >= 0.3 is 17.0 Å². The van der Waals surface area contributed by atoms with Gasteiger partial charge < -0.3 is 22.8 Å². The molecule has 1 aliphatic carbocycles. The fourth-order valence-electron chi connectivity index (χ4n) is 7.56. The summed E-state index contributed by atoms with van der Waals surface area (Å²) in [4.78, 5) is 0. The van der Waals surface area contributed by atoms with Gasteiger partial charge in [0.1, 0.15) is 28.8 Å². The molecule has 2 aliphatic heterocycles. The number of hydrogen-bond acceptors (Lipinski definition) is 6. The van der Waals surface area contributed by atoms with Gasteiger partial charge in [-0.15, -0.1) is 0 Å². The molecule has 0 saturated heterocycles. The summed E-state index contributed by atoms with van der Waals surface area (Å²) in [6.07, 6.45) is 32.0. The zero-order chi connectivity index (χ0) is 50.7. The van der Waals surface area contributed by atoms with Crippen molar-refractivity contribution in [3.05, 3.63) is 207 Å². The molecular formula is C61H78O6P2. The minimum atomic E-state index is -2.03. The standard InChI is InChI=1S/C57H66O6P2.2C2H6/c1-13-27-45-30-19-14-17-28-40(2)59-64(39-58-43(45)5)62-53-38-51(57(10,11)12)48-34-21-16-22-35-50(48)55(53)54(49-36-25-24-33-47(49)42(4)56(7,8)9)44(6)61-65-60-41(3)29-18-15-20-31-46-32-23-26-37-52(46)63-65;2*1-2/h13-30,32-34,36-38,41H,6,31,35,39H2,1-5,7-12H3;2*1-2H3/b17-14+,20-15-,27-13-,29-18-,30-19+,40-28+,45-43-,47-42+,54-49+;;. The average molecular weight is 969 g/mol. The lowest BCUT2D eigenvalue weighted by Gasteiger charge is -2.30. The van der Waals surface area contributed by atoms with E-state index in [1.165, 1.54) is 5.57 Å². The second-order valence-corrected chi connectivity index (χ2v) is 20.6. The molecule has 3 unspecified atom stereocenters. The third-order valence-corrected chi connectivity index (χ3v) is 13.7. The Labute approximate surface area is 418 Å². The first-order chi connectivity index (χ1) is 33.0. The first-order valence-corrected chi connectivity index (χ1v) is 26.9. The molecule has 0 spiro atoms. The molecule has 0 N–H and O–H groups in total. The van der Waals surface area contributed by atoms with Crippen molar-refractivity contribution in [2.45, 2.75) is 128 Å². The fourth-order valence-corrected chi connectivity index (χ4v) is 9.82. The van der Waals surface area contributed by atoms with E-state index in [1.807, 2.05) is 134 Å². The van der Waals surface area contributed by atoms with Crippen LogP contribution >= 0.6 is 17.0 Å². The molecular weight excluding hydrogens is 891 g/mol. The summed E-state index contributed by atoms with van der Waals surface area (Å²) >= 11 is 0. The van der Waals surface area contributed by atoms with E-state index in [9.17, 15) is 0 Å². The third kappa shape index (κ3) is 15.8. The zero-order valence-corrected chi connectivity index (χ0v) is 45.9. The predicted octanol–water partition coefficient (Wildman–Crippen LogP) is 17.0. The van der Waals surface area contributed by atoms with Crippen molar-refractivity contribution in [3.63, 3.8) is 0 Å². The Kier molecular flexibility index (Phi) is 22.1. The van der Waals surface area contributed by atoms with E-state index < -0.39 is 17.0 Å². The topological polar surface area (TPSA) is 55.4 Å². The minimum absolute atomic E-state index is 0.154. The van der Waals surface area contributed by atoms with Crippen molar-refractivity contribution >= 4 is 34.2 Å². The van der Waals surface area contributed by atoms with Gasteiger partial charge in [0.25, 0.3) is 0 Å². The van der Waals surface area contributed by atoms with Gasteiger partial charge in [-0.3, -0.25) is 4.52 Å². The van der Waals surface area contributed by atoms with Crippen LogP contribution in [-0.4, -0.2) is 12.5 Å². The van der Waals surface area contributed by atoms with E-state index in [1.54, 1.807) is 0 Å². The second-order valence-electron chi connectivity index (χ2n) is 18.3. The van der Waals surface area contributed by atoms with E-state index in [0.29, 0.717) is 35.9 Å². The van der Waals surface area contributed by atoms with Crippen molar-refractivity contribution in [3.8, 4) is 11.5 Å². The number of fused-ring (bicyclic) bond motifs is 2. The summed E-state index contributed by atoms with van der Waals surface area (Å²) < 4.78 is 41.0. The number of benzene rings is 3. The largest absolute Gasteiger partial charge is 0.486 e. The maximum atomic E-state index is 7.35. The summed E-state index contributed by atoms with van der Waals surface area (Å²) in [6.45, 7) is 36.4. The molecule has 2 heterocycles. The van der Waals surface area contributed by atoms with Crippen LogP contribution in [0.25, 0.3) is 17.2 Å². The van der Waals surface area contributed by atoms with Crippen LogP contribution in [0.1, 0.15) is 132 Å². The van der Waals surface area contributed by atoms with Crippen molar-refractivity contribution < 1.29 is 27.4 Å². The van der Waals surface area contributed by atoms with Gasteiger partial charge in [0, 0.05) is 16.7 Å². The molecule has 0 saturated carbocycles. The normalized spacial score (nSPS) is 23.0. The Morgan fingerprint density at radius 1 is 0.797 bits per heavy atom. The Hall–Kier alpha value is -5.38. The van der Waals surface area contributed by atoms with Gasteiger partial charge in [-0.05, 0) is 109 Å². The van der Waals surface area contributed by atoms with Crippen molar-refractivity contribution in [2.75, 3.05) is 6.35 Å². The molecule has 0 aromatic heterocycles. The zero-order valence-electron chi connectivity index (χ0n) is 44.1. The van der Waals surface area contributed by atoms with Gasteiger partial charge in [-0.25, -0.2) is 0 Å². The first-order valence-electron chi connectivity index (χ1n) is 24.4. The van der Waals surface area contributed by atoms with Crippen LogP contribution in [0.15, 0.2) is 169 Å². The molecule has 69 heavy (non-hydrogen) atoms. The van der Waals surface area contributed by atoms with Crippen LogP contribution < -0.4 is 19.5 Å². The molecule has 6 nitrogen and oxygen atoms in total. The Bertz CT molecular complexity index is 2640. The SMILES string of the molecule is C=C(OP1Oc2ccccc2C/C=C\C=C/C(C)O1)/C(c1c(OP2CO/C(C)=C(/C=C\C)\C=C\C=C\C=C(/C)O2)cc(C(C)(C)C)c2c1CC=CC=C2)=c1/cccc/c1=C(/C)C(C)(C)C.CC.CC. The minimum Gasteiger partial charge on any atom is -0.486 e. The van der Waals surface area contributed by atoms with Gasteiger partial charge in [-0.2, -0.15) is 0 Å². The number of allylic oxidation sites excluding steroid dienone is 17. The Morgan fingerprint density at radius 3 is 2.17 bits per heavy atom. The molecule has 3 aliphatic rings. The van der Waals surface area contributed by atoms with Gasteiger partial charge in [-0.1, -0.05) is 209 Å². The van der Waals surface area contributed by atoms with Crippen LogP contribution in [0.2, 0.25) is 0 Å². The fraction of sp³-hybridized carbons (Fsp3) is 0.344. The summed E-state index contributed by atoms with van der Waals surface area (Å²) in [5, 5.41) is 2.03. The van der Waals surface area contributed by atoms with Crippen molar-refractivity contribution in [1.29, 1.82) is 0 Å². The highest BCUT2D eigenvalue weighted by atomic mass is 31.2. The maximum Gasteiger partial charge on any atom is 0.463 e. The van der Waals surface area contributed by atoms with E-state index in [4.69, 9.17) is 33.9 Å². The molecule has 368 valence electrons. The molecule has 0 fully saturated rings. The van der Waals surface area contributed by atoms with Gasteiger partial charge in [0.15, 0.2) is 6.35 Å². The lowest BCUT2D eigenvalue weighted by atomic mass is 9.78. The number of para-hydroxylation sites is 1. The summed E-state index contributed by atoms with van der Waals surface area (Å²) in [6, 6.07) is 18.7. The Morgan fingerprint density at radius 2 is 1.46 bits per heavy atom. The van der Waals surface area contributed by atoms with E-state index >= 15 is 0 Å². The van der Waals surface area contributed by atoms with Gasteiger partial charge in [0.05, 0.1) is 6.10 Å². The van der Waals surface area contributed by atoms with Crippen LogP contribution in [0, 0.1) is 5.41 Å². The first kappa shape index (κ1) is 56.2. The Balaban J connectivity index is 0.00000252. The van der Waals surface area contributed by atoms with Crippen LogP contribution in [0.3, 0.4) is 0 Å². The molecule has 0 bridgehead atoms. The highest BCUT2D eigenvalue weighted by Crippen LogP contribution is 2.52. The van der Waals surface area contributed by atoms with Crippen molar-refractivity contribution in [1.82, 2.24) is 0 Å². The monoisotopic (exact) mass is 969 g/mol. The number of hydrogen-bond donors (Lipinski definition) is 0. The van der Waals surface area contributed by atoms with E-state index in [-0.39, 0.29) is 23.3 Å². The summed E-state index contributed by atoms with van der Waals surface area (Å²) in [7, 11) is -3.76. The molecule has 0 amide bonds. The van der Waals surface area contributed by atoms with E-state index in [0.717, 1.165) is 55.2 Å². The summed E-state index contributed by atoms with van der Waals surface area (Å²) in [5.41, 5.74) is 7.79. The van der Waals surface area contributed by atoms with E-state index in [2.05, 4.69) is 115 Å². The van der Waals surface area contributed by atoms with Crippen LogP contribution in [-0.2, 0) is 36.6 Å². The highest BCUT2D eigenvalue weighted by Gasteiger charge is 2.32. The molecule has 3 atom stereocenters. The van der Waals surface area contributed by atoms with Crippen LogP contribution in [0.4, 0.5) is 0 Å². The lowest BCUT2D eigenvalue weighted by Crippen LogP contribution is -2.33. The van der Waals surface area contributed by atoms with Crippen LogP contribution in [0.5, 0.6) is 11.5 Å². The number of rotatable bonds is 7. The van der Waals surface area contributed by atoms with Crippen molar-refractivity contribution in [2.24, 2.45) is 5.41 Å². The lowest BCUT2D eigenvalue weighted by molar-refractivity contribution is 0.213. The second kappa shape index (κ2) is 27.1. The molecule has 6 rings (SSSR count). The molecule has 0 radical (unpaired) electrons. The predicted molar refractivity (Wildman–Crippen MR) is 297 cm³/mol. The van der Waals surface area contributed by atoms with Gasteiger partial charge in [0.2, 0.25) is 0 Å².